The monoisotopic (exact) mass is 452 g/mol. The van der Waals surface area contributed by atoms with E-state index in [0.717, 1.165) is 22.9 Å². The Balaban J connectivity index is 1.69. The van der Waals surface area contributed by atoms with E-state index >= 15 is 0 Å². The van der Waals surface area contributed by atoms with Crippen molar-refractivity contribution in [3.63, 3.8) is 0 Å². The van der Waals surface area contributed by atoms with Crippen LogP contribution < -0.4 is 4.74 Å². The zero-order valence-electron chi connectivity index (χ0n) is 17.9. The Hall–Kier alpha value is -3.19. The maximum absolute atomic E-state index is 14.9. The predicted molar refractivity (Wildman–Crippen MR) is 120 cm³/mol. The van der Waals surface area contributed by atoms with Crippen LogP contribution in [-0.4, -0.2) is 38.6 Å². The maximum atomic E-state index is 14.9. The van der Waals surface area contributed by atoms with Crippen LogP contribution in [-0.2, 0) is 22.8 Å². The van der Waals surface area contributed by atoms with E-state index in [1.165, 1.54) is 12.1 Å². The average molecular weight is 453 g/mol. The lowest BCUT2D eigenvalue weighted by Crippen LogP contribution is -2.33. The van der Waals surface area contributed by atoms with E-state index in [1.54, 1.807) is 11.8 Å². The molecule has 0 fully saturated rings. The summed E-state index contributed by atoms with van der Waals surface area (Å²) in [4.78, 5) is 14.6. The van der Waals surface area contributed by atoms with Crippen molar-refractivity contribution in [2.75, 3.05) is 19.4 Å². The Kier molecular flexibility index (Phi) is 6.02. The lowest BCUT2D eigenvalue weighted by atomic mass is 10.0. The summed E-state index contributed by atoms with van der Waals surface area (Å²) < 4.78 is 44.6. The number of halogens is 1. The summed E-state index contributed by atoms with van der Waals surface area (Å²) in [5.41, 5.74) is 3.16. The lowest BCUT2D eigenvalue weighted by molar-refractivity contribution is 0.0731. The van der Waals surface area contributed by atoms with Crippen molar-refractivity contribution in [2.24, 2.45) is 0 Å². The SMILES string of the molecule is CCc1c(C(=O)N2CCOc3ccc(-c4cc[c]cc4)cc3C2)ccc(S(C)(=O)=O)c1F. The maximum Gasteiger partial charge on any atom is 0.254 e. The van der Waals surface area contributed by atoms with Crippen molar-refractivity contribution in [3.05, 3.63) is 83.2 Å². The molecule has 7 heteroatoms. The Morgan fingerprint density at radius 3 is 2.56 bits per heavy atom. The zero-order chi connectivity index (χ0) is 22.9. The van der Waals surface area contributed by atoms with Crippen molar-refractivity contribution < 1.29 is 22.3 Å². The Morgan fingerprint density at radius 1 is 1.12 bits per heavy atom. The zero-order valence-corrected chi connectivity index (χ0v) is 18.7. The highest BCUT2D eigenvalue weighted by molar-refractivity contribution is 7.90. The molecule has 4 rings (SSSR count). The molecule has 0 saturated heterocycles. The molecule has 0 atom stereocenters. The Morgan fingerprint density at radius 2 is 1.88 bits per heavy atom. The van der Waals surface area contributed by atoms with Crippen LogP contribution in [0.1, 0.15) is 28.4 Å². The summed E-state index contributed by atoms with van der Waals surface area (Å²) in [6, 6.07) is 19.0. The summed E-state index contributed by atoms with van der Waals surface area (Å²) in [6.07, 6.45) is 1.16. The van der Waals surface area contributed by atoms with Gasteiger partial charge in [-0.15, -0.1) is 0 Å². The summed E-state index contributed by atoms with van der Waals surface area (Å²) in [6.45, 7) is 2.65. The van der Waals surface area contributed by atoms with E-state index in [1.807, 2.05) is 42.5 Å². The number of carbonyl (C=O) groups excluding carboxylic acids is 1. The summed E-state index contributed by atoms with van der Waals surface area (Å²) >= 11 is 0. The molecule has 0 N–H and O–H groups in total. The highest BCUT2D eigenvalue weighted by Gasteiger charge is 2.27. The van der Waals surface area contributed by atoms with Crippen LogP contribution in [0.25, 0.3) is 11.1 Å². The molecule has 5 nitrogen and oxygen atoms in total. The first-order chi connectivity index (χ1) is 15.3. The molecule has 1 radical (unpaired) electrons. The fourth-order valence-electron chi connectivity index (χ4n) is 3.93. The van der Waals surface area contributed by atoms with Crippen molar-refractivity contribution in [3.8, 4) is 16.9 Å². The van der Waals surface area contributed by atoms with E-state index in [9.17, 15) is 17.6 Å². The smallest absolute Gasteiger partial charge is 0.254 e. The minimum absolute atomic E-state index is 0.109. The predicted octanol–water partition coefficient (Wildman–Crippen LogP) is 4.29. The molecule has 0 aliphatic carbocycles. The van der Waals surface area contributed by atoms with E-state index < -0.39 is 15.7 Å². The molecule has 0 saturated carbocycles. The van der Waals surface area contributed by atoms with Gasteiger partial charge in [-0.25, -0.2) is 12.8 Å². The van der Waals surface area contributed by atoms with Crippen molar-refractivity contribution in [1.29, 1.82) is 0 Å². The number of amides is 1. The summed E-state index contributed by atoms with van der Waals surface area (Å²) in [7, 11) is -3.73. The number of nitrogens with zero attached hydrogens (tertiary/aromatic N) is 1. The van der Waals surface area contributed by atoms with Gasteiger partial charge >= 0.3 is 0 Å². The standard InChI is InChI=1S/C25H23FNO4S/c1-3-20-21(10-12-23(24(20)26)32(2,29)30)25(28)27-13-14-31-22-11-9-18(15-19(22)16-27)17-7-5-4-6-8-17/h5-12,15H,3,13-14,16H2,1-2H3. The quantitative estimate of drug-likeness (QED) is 0.592. The van der Waals surface area contributed by atoms with Gasteiger partial charge in [-0.3, -0.25) is 4.79 Å². The van der Waals surface area contributed by atoms with Gasteiger partial charge in [0, 0.05) is 29.5 Å². The molecular formula is C25H23FNO4S. The van der Waals surface area contributed by atoms with Gasteiger partial charge in [-0.05, 0) is 47.9 Å². The minimum Gasteiger partial charge on any atom is -0.491 e. The van der Waals surface area contributed by atoms with Crippen LogP contribution in [0.2, 0.25) is 0 Å². The molecule has 1 aliphatic rings. The normalized spacial score (nSPS) is 13.8. The first-order valence-electron chi connectivity index (χ1n) is 10.3. The van der Waals surface area contributed by atoms with Gasteiger partial charge in [0.05, 0.1) is 6.54 Å². The number of sulfone groups is 1. The second-order valence-electron chi connectivity index (χ2n) is 7.72. The van der Waals surface area contributed by atoms with E-state index in [4.69, 9.17) is 4.74 Å². The van der Waals surface area contributed by atoms with Crippen molar-refractivity contribution >= 4 is 15.7 Å². The number of benzene rings is 3. The summed E-state index contributed by atoms with van der Waals surface area (Å²) in [5, 5.41) is 0. The van der Waals surface area contributed by atoms with Gasteiger partial charge in [-0.1, -0.05) is 37.3 Å². The fraction of sp³-hybridized carbons (Fsp3) is 0.240. The molecule has 32 heavy (non-hydrogen) atoms. The van der Waals surface area contributed by atoms with Crippen LogP contribution >= 0.6 is 0 Å². The van der Waals surface area contributed by atoms with Crippen LogP contribution in [0.3, 0.4) is 0 Å². The molecule has 0 bridgehead atoms. The highest BCUT2D eigenvalue weighted by Crippen LogP contribution is 2.30. The largest absolute Gasteiger partial charge is 0.491 e. The number of hydrogen-bond acceptors (Lipinski definition) is 4. The van der Waals surface area contributed by atoms with Crippen LogP contribution in [0.4, 0.5) is 4.39 Å². The van der Waals surface area contributed by atoms with Crippen LogP contribution in [0.15, 0.2) is 59.5 Å². The van der Waals surface area contributed by atoms with Crippen molar-refractivity contribution in [1.82, 2.24) is 4.90 Å². The van der Waals surface area contributed by atoms with Crippen LogP contribution in [0, 0.1) is 11.9 Å². The van der Waals surface area contributed by atoms with E-state index in [-0.39, 0.29) is 28.4 Å². The molecule has 3 aromatic rings. The second kappa shape index (κ2) is 8.74. The molecule has 1 aliphatic heterocycles. The topological polar surface area (TPSA) is 63.7 Å². The third-order valence-electron chi connectivity index (χ3n) is 5.57. The first kappa shape index (κ1) is 22.0. The molecule has 0 spiro atoms. The molecule has 0 unspecified atom stereocenters. The van der Waals surface area contributed by atoms with Crippen LogP contribution in [0.5, 0.6) is 5.75 Å². The number of rotatable bonds is 4. The van der Waals surface area contributed by atoms with Gasteiger partial charge in [0.1, 0.15) is 23.1 Å². The number of carbonyl (C=O) groups is 1. The minimum atomic E-state index is -3.73. The Bertz CT molecular complexity index is 1270. The van der Waals surface area contributed by atoms with Gasteiger partial charge in [0.2, 0.25) is 0 Å². The third-order valence-corrected chi connectivity index (χ3v) is 6.68. The second-order valence-corrected chi connectivity index (χ2v) is 9.70. The number of ether oxygens (including phenoxy) is 1. The fourth-order valence-corrected chi connectivity index (χ4v) is 4.69. The van der Waals surface area contributed by atoms with Gasteiger partial charge in [0.25, 0.3) is 5.91 Å². The first-order valence-corrected chi connectivity index (χ1v) is 12.2. The Labute approximate surface area is 187 Å². The number of hydrogen-bond donors (Lipinski definition) is 0. The molecule has 165 valence electrons. The lowest BCUT2D eigenvalue weighted by Gasteiger charge is -2.22. The van der Waals surface area contributed by atoms with Gasteiger partial charge in [0.15, 0.2) is 9.84 Å². The molecule has 0 aromatic heterocycles. The molecule has 1 heterocycles. The highest BCUT2D eigenvalue weighted by atomic mass is 32.2. The van der Waals surface area contributed by atoms with E-state index in [0.29, 0.717) is 25.4 Å². The van der Waals surface area contributed by atoms with E-state index in [2.05, 4.69) is 6.07 Å². The van der Waals surface area contributed by atoms with Gasteiger partial charge < -0.3 is 9.64 Å². The summed E-state index contributed by atoms with van der Waals surface area (Å²) in [5.74, 6) is -0.492. The molecule has 1 amide bonds. The van der Waals surface area contributed by atoms with Gasteiger partial charge in [-0.2, -0.15) is 0 Å². The van der Waals surface area contributed by atoms with Crippen molar-refractivity contribution in [2.45, 2.75) is 24.8 Å². The molecular weight excluding hydrogens is 429 g/mol. The average Bonchev–Trinajstić information content (AvgIpc) is 3.00. The third kappa shape index (κ3) is 4.25. The molecule has 3 aromatic carbocycles. The number of fused-ring (bicyclic) bond motifs is 1.